The lowest BCUT2D eigenvalue weighted by atomic mass is 10.3. The van der Waals surface area contributed by atoms with Crippen molar-refractivity contribution in [1.82, 2.24) is 10.6 Å². The number of nitrogens with one attached hydrogen (secondary N) is 2. The van der Waals surface area contributed by atoms with Gasteiger partial charge >= 0.3 is 6.18 Å². The van der Waals surface area contributed by atoms with Crippen LogP contribution in [0, 0.1) is 0 Å². The van der Waals surface area contributed by atoms with Gasteiger partial charge < -0.3 is 15.1 Å². The van der Waals surface area contributed by atoms with Gasteiger partial charge in [-0.25, -0.2) is 0 Å². The zero-order valence-corrected chi connectivity index (χ0v) is 9.01. The van der Waals surface area contributed by atoms with Gasteiger partial charge in [-0.15, -0.1) is 0 Å². The van der Waals surface area contributed by atoms with Crippen LogP contribution in [0.2, 0.25) is 0 Å². The van der Waals surface area contributed by atoms with Crippen LogP contribution in [0.1, 0.15) is 5.76 Å². The minimum absolute atomic E-state index is 0.333. The summed E-state index contributed by atoms with van der Waals surface area (Å²) in [7, 11) is 0. The summed E-state index contributed by atoms with van der Waals surface area (Å²) in [6.45, 7) is -1.18. The fourth-order valence-corrected chi connectivity index (χ4v) is 1.16. The van der Waals surface area contributed by atoms with Gasteiger partial charge in [0.1, 0.15) is 5.76 Å². The van der Waals surface area contributed by atoms with Gasteiger partial charge in [-0.05, 0) is 12.1 Å². The van der Waals surface area contributed by atoms with E-state index in [2.05, 4.69) is 5.32 Å². The monoisotopic (exact) mass is 250 g/mol. The standard InChI is InChI=1S/C10H13F3N2O2/c11-10(12,13)7-14-6-9(16)15-4-3-8-2-1-5-17-8/h1-2,5,14H,3-4,6-7H2,(H,15,16). The van der Waals surface area contributed by atoms with Crippen molar-refractivity contribution >= 4 is 5.91 Å². The summed E-state index contributed by atoms with van der Waals surface area (Å²) in [4.78, 5) is 11.1. The van der Waals surface area contributed by atoms with Crippen LogP contribution in [-0.4, -0.2) is 31.7 Å². The van der Waals surface area contributed by atoms with Crippen molar-refractivity contribution in [3.05, 3.63) is 24.2 Å². The van der Waals surface area contributed by atoms with Crippen LogP contribution in [0.15, 0.2) is 22.8 Å². The predicted octanol–water partition coefficient (Wildman–Crippen LogP) is 1.09. The van der Waals surface area contributed by atoms with E-state index in [0.717, 1.165) is 0 Å². The molecule has 0 aliphatic rings. The molecule has 0 unspecified atom stereocenters. The molecule has 0 aliphatic carbocycles. The molecule has 0 saturated carbocycles. The number of hydrogen-bond acceptors (Lipinski definition) is 3. The largest absolute Gasteiger partial charge is 0.469 e. The molecular weight excluding hydrogens is 237 g/mol. The first-order valence-corrected chi connectivity index (χ1v) is 5.04. The van der Waals surface area contributed by atoms with Crippen molar-refractivity contribution in [2.24, 2.45) is 0 Å². The SMILES string of the molecule is O=C(CNCC(F)(F)F)NCCc1ccco1. The quantitative estimate of drug-likeness (QED) is 0.794. The van der Waals surface area contributed by atoms with Crippen LogP contribution in [0.4, 0.5) is 13.2 Å². The molecule has 96 valence electrons. The Balaban J connectivity index is 2.05. The van der Waals surface area contributed by atoms with Crippen molar-refractivity contribution < 1.29 is 22.4 Å². The lowest BCUT2D eigenvalue weighted by molar-refractivity contribution is -0.128. The van der Waals surface area contributed by atoms with Gasteiger partial charge in [0.15, 0.2) is 0 Å². The second-order valence-electron chi connectivity index (χ2n) is 3.40. The minimum atomic E-state index is -4.30. The molecule has 0 fully saturated rings. The van der Waals surface area contributed by atoms with Gasteiger partial charge in [-0.3, -0.25) is 4.79 Å². The van der Waals surface area contributed by atoms with Crippen LogP contribution >= 0.6 is 0 Å². The molecule has 1 aromatic rings. The molecule has 4 nitrogen and oxygen atoms in total. The number of carbonyl (C=O) groups is 1. The van der Waals surface area contributed by atoms with Crippen LogP contribution in [0.3, 0.4) is 0 Å². The Labute approximate surface area is 96.2 Å². The summed E-state index contributed by atoms with van der Waals surface area (Å²) in [5, 5.41) is 4.49. The van der Waals surface area contributed by atoms with Crippen LogP contribution in [0.5, 0.6) is 0 Å². The zero-order chi connectivity index (χ0) is 12.7. The summed E-state index contributed by atoms with van der Waals surface area (Å²) in [5.74, 6) is 0.245. The third-order valence-corrected chi connectivity index (χ3v) is 1.88. The van der Waals surface area contributed by atoms with Gasteiger partial charge in [0.25, 0.3) is 0 Å². The van der Waals surface area contributed by atoms with Crippen molar-refractivity contribution in [3.8, 4) is 0 Å². The van der Waals surface area contributed by atoms with E-state index in [1.54, 1.807) is 12.1 Å². The highest BCUT2D eigenvalue weighted by Gasteiger charge is 2.26. The molecule has 0 radical (unpaired) electrons. The molecule has 0 bridgehead atoms. The normalized spacial score (nSPS) is 11.5. The van der Waals surface area contributed by atoms with E-state index < -0.39 is 18.6 Å². The minimum Gasteiger partial charge on any atom is -0.469 e. The van der Waals surface area contributed by atoms with E-state index in [4.69, 9.17) is 4.42 Å². The molecule has 17 heavy (non-hydrogen) atoms. The molecule has 7 heteroatoms. The van der Waals surface area contributed by atoms with E-state index in [9.17, 15) is 18.0 Å². The maximum Gasteiger partial charge on any atom is 0.401 e. The van der Waals surface area contributed by atoms with Gasteiger partial charge in [-0.1, -0.05) is 0 Å². The lowest BCUT2D eigenvalue weighted by Gasteiger charge is -2.08. The highest BCUT2D eigenvalue weighted by atomic mass is 19.4. The summed E-state index contributed by atoms with van der Waals surface area (Å²) in [6, 6.07) is 3.48. The first-order chi connectivity index (χ1) is 7.97. The Morgan fingerprint density at radius 2 is 2.18 bits per heavy atom. The van der Waals surface area contributed by atoms with Crippen molar-refractivity contribution in [3.63, 3.8) is 0 Å². The molecule has 1 rings (SSSR count). The third kappa shape index (κ3) is 6.62. The third-order valence-electron chi connectivity index (χ3n) is 1.88. The predicted molar refractivity (Wildman–Crippen MR) is 54.3 cm³/mol. The van der Waals surface area contributed by atoms with Gasteiger partial charge in [0.05, 0.1) is 19.4 Å². The van der Waals surface area contributed by atoms with E-state index >= 15 is 0 Å². The number of furan rings is 1. The second kappa shape index (κ2) is 6.29. The molecule has 0 spiro atoms. The average molecular weight is 250 g/mol. The van der Waals surface area contributed by atoms with Gasteiger partial charge in [0.2, 0.25) is 5.91 Å². The second-order valence-corrected chi connectivity index (χ2v) is 3.40. The fourth-order valence-electron chi connectivity index (χ4n) is 1.16. The van der Waals surface area contributed by atoms with E-state index in [-0.39, 0.29) is 6.54 Å². The van der Waals surface area contributed by atoms with Crippen LogP contribution in [0.25, 0.3) is 0 Å². The van der Waals surface area contributed by atoms with Crippen molar-refractivity contribution in [1.29, 1.82) is 0 Å². The highest BCUT2D eigenvalue weighted by molar-refractivity contribution is 5.77. The maximum atomic E-state index is 11.7. The van der Waals surface area contributed by atoms with E-state index in [1.165, 1.54) is 6.26 Å². The Kier molecular flexibility index (Phi) is 5.02. The average Bonchev–Trinajstić information content (AvgIpc) is 2.68. The molecule has 2 N–H and O–H groups in total. The van der Waals surface area contributed by atoms with Crippen LogP contribution < -0.4 is 10.6 Å². The molecule has 0 atom stereocenters. The Bertz CT molecular complexity index is 336. The lowest BCUT2D eigenvalue weighted by Crippen LogP contribution is -2.38. The Morgan fingerprint density at radius 1 is 1.41 bits per heavy atom. The number of halogens is 3. The summed E-state index contributed by atoms with van der Waals surface area (Å²) in [5.41, 5.74) is 0. The van der Waals surface area contributed by atoms with Crippen LogP contribution in [-0.2, 0) is 11.2 Å². The zero-order valence-electron chi connectivity index (χ0n) is 9.01. The van der Waals surface area contributed by atoms with Crippen molar-refractivity contribution in [2.75, 3.05) is 19.6 Å². The molecule has 1 aromatic heterocycles. The molecule has 1 heterocycles. The summed E-state index contributed by atoms with van der Waals surface area (Å²) in [6.07, 6.45) is -2.27. The summed E-state index contributed by atoms with van der Waals surface area (Å²) < 4.78 is 40.2. The van der Waals surface area contributed by atoms with Crippen molar-refractivity contribution in [2.45, 2.75) is 12.6 Å². The van der Waals surface area contributed by atoms with Gasteiger partial charge in [0, 0.05) is 13.0 Å². The molecule has 0 aliphatic heterocycles. The fraction of sp³-hybridized carbons (Fsp3) is 0.500. The highest BCUT2D eigenvalue weighted by Crippen LogP contribution is 2.11. The number of alkyl halides is 3. The number of hydrogen-bond donors (Lipinski definition) is 2. The maximum absolute atomic E-state index is 11.7. The summed E-state index contributed by atoms with van der Waals surface area (Å²) >= 11 is 0. The molecule has 0 saturated heterocycles. The Morgan fingerprint density at radius 3 is 2.76 bits per heavy atom. The topological polar surface area (TPSA) is 54.3 Å². The Hall–Kier alpha value is -1.50. The molecular formula is C10H13F3N2O2. The number of rotatable bonds is 6. The smallest absolute Gasteiger partial charge is 0.401 e. The van der Waals surface area contributed by atoms with E-state index in [0.29, 0.717) is 18.7 Å². The number of amides is 1. The first kappa shape index (κ1) is 13.6. The van der Waals surface area contributed by atoms with E-state index in [1.807, 2.05) is 5.32 Å². The molecule has 1 amide bonds. The molecule has 0 aromatic carbocycles. The first-order valence-electron chi connectivity index (χ1n) is 5.04. The number of carbonyl (C=O) groups excluding carboxylic acids is 1. The van der Waals surface area contributed by atoms with Gasteiger partial charge in [-0.2, -0.15) is 13.2 Å².